The first-order valence-electron chi connectivity index (χ1n) is 8.66. The number of hydrogen-bond acceptors (Lipinski definition) is 4. The first kappa shape index (κ1) is 17.0. The van der Waals surface area contributed by atoms with Crippen LogP contribution < -0.4 is 10.9 Å². The normalized spacial score (nSPS) is 11.2. The van der Waals surface area contributed by atoms with Crippen molar-refractivity contribution in [2.45, 2.75) is 27.3 Å². The minimum absolute atomic E-state index is 0.103. The number of hydrogen-bond donors (Lipinski definition) is 1. The lowest BCUT2D eigenvalue weighted by molar-refractivity contribution is -0.116. The Hall–Kier alpha value is -3.48. The second kappa shape index (κ2) is 6.35. The van der Waals surface area contributed by atoms with E-state index in [0.717, 1.165) is 16.6 Å². The number of para-hydroxylation sites is 2. The molecule has 0 unspecified atom stereocenters. The van der Waals surface area contributed by atoms with Gasteiger partial charge in [0.25, 0.3) is 5.56 Å². The zero-order valence-electron chi connectivity index (χ0n) is 15.4. The summed E-state index contributed by atoms with van der Waals surface area (Å²) < 4.78 is 3.16. The molecule has 1 amide bonds. The summed E-state index contributed by atoms with van der Waals surface area (Å²) in [7, 11) is 0. The summed E-state index contributed by atoms with van der Waals surface area (Å²) in [5.74, 6) is 0.358. The van der Waals surface area contributed by atoms with Crippen LogP contribution in [0.15, 0.2) is 47.3 Å². The summed E-state index contributed by atoms with van der Waals surface area (Å²) in [6.07, 6.45) is 0. The number of nitrogens with one attached hydrogen (secondary N) is 1. The van der Waals surface area contributed by atoms with Crippen LogP contribution in [-0.2, 0) is 11.3 Å². The molecule has 0 spiro atoms. The SMILES string of the molecule is Cc1ccc(NC(=O)Cn2c(=O)c3nnc(C)n3c3ccccc32)cc1C. The Morgan fingerprint density at radius 3 is 2.48 bits per heavy atom. The molecule has 4 aromatic rings. The van der Waals surface area contributed by atoms with Gasteiger partial charge in [0, 0.05) is 5.69 Å². The molecule has 0 aliphatic rings. The third-order valence-corrected chi connectivity index (χ3v) is 4.77. The van der Waals surface area contributed by atoms with Gasteiger partial charge in [-0.3, -0.25) is 18.6 Å². The first-order chi connectivity index (χ1) is 13.0. The zero-order valence-corrected chi connectivity index (χ0v) is 15.4. The van der Waals surface area contributed by atoms with Crippen molar-refractivity contribution in [1.29, 1.82) is 0 Å². The molecule has 0 bridgehead atoms. The van der Waals surface area contributed by atoms with Crippen molar-refractivity contribution in [1.82, 2.24) is 19.2 Å². The molecule has 0 aliphatic heterocycles. The number of nitrogens with zero attached hydrogens (tertiary/aromatic N) is 4. The number of aryl methyl sites for hydroxylation is 3. The maximum absolute atomic E-state index is 12.9. The number of benzene rings is 2. The van der Waals surface area contributed by atoms with Gasteiger partial charge in [0.05, 0.1) is 11.0 Å². The Balaban J connectivity index is 1.76. The number of rotatable bonds is 3. The quantitative estimate of drug-likeness (QED) is 0.608. The van der Waals surface area contributed by atoms with Crippen molar-refractivity contribution in [3.05, 3.63) is 69.8 Å². The lowest BCUT2D eigenvalue weighted by Gasteiger charge is -2.13. The van der Waals surface area contributed by atoms with E-state index in [0.29, 0.717) is 17.0 Å². The van der Waals surface area contributed by atoms with Crippen LogP contribution in [0, 0.1) is 20.8 Å². The number of carbonyl (C=O) groups is 1. The van der Waals surface area contributed by atoms with Crippen LogP contribution in [0.4, 0.5) is 5.69 Å². The van der Waals surface area contributed by atoms with Crippen molar-refractivity contribution >= 4 is 28.3 Å². The highest BCUT2D eigenvalue weighted by Crippen LogP contribution is 2.16. The maximum atomic E-state index is 12.9. The third kappa shape index (κ3) is 2.87. The van der Waals surface area contributed by atoms with Crippen molar-refractivity contribution in [2.75, 3.05) is 5.32 Å². The lowest BCUT2D eigenvalue weighted by Crippen LogP contribution is -2.29. The van der Waals surface area contributed by atoms with Crippen LogP contribution in [0.2, 0.25) is 0 Å². The Morgan fingerprint density at radius 2 is 1.74 bits per heavy atom. The molecule has 0 aliphatic carbocycles. The van der Waals surface area contributed by atoms with Crippen molar-refractivity contribution in [3.63, 3.8) is 0 Å². The molecule has 0 saturated heterocycles. The molecular formula is C20H19N5O2. The van der Waals surface area contributed by atoms with Gasteiger partial charge in [-0.1, -0.05) is 18.2 Å². The Bertz CT molecular complexity index is 1250. The Kier molecular flexibility index (Phi) is 3.99. The number of anilines is 1. The van der Waals surface area contributed by atoms with Crippen LogP contribution in [0.3, 0.4) is 0 Å². The molecule has 2 aromatic carbocycles. The van der Waals surface area contributed by atoms with Gasteiger partial charge in [0.1, 0.15) is 12.4 Å². The second-order valence-corrected chi connectivity index (χ2v) is 6.63. The van der Waals surface area contributed by atoms with Crippen molar-refractivity contribution in [2.24, 2.45) is 0 Å². The smallest absolute Gasteiger partial charge is 0.297 e. The number of aromatic nitrogens is 4. The van der Waals surface area contributed by atoms with Crippen LogP contribution in [0.25, 0.3) is 16.7 Å². The molecule has 0 fully saturated rings. The molecule has 2 aromatic heterocycles. The Morgan fingerprint density at radius 1 is 1.00 bits per heavy atom. The number of fused-ring (bicyclic) bond motifs is 3. The van der Waals surface area contributed by atoms with Gasteiger partial charge in [-0.2, -0.15) is 0 Å². The van der Waals surface area contributed by atoms with Gasteiger partial charge >= 0.3 is 0 Å². The van der Waals surface area contributed by atoms with Gasteiger partial charge in [-0.15, -0.1) is 10.2 Å². The van der Waals surface area contributed by atoms with E-state index in [2.05, 4.69) is 15.5 Å². The van der Waals surface area contributed by atoms with E-state index in [1.54, 1.807) is 11.3 Å². The summed E-state index contributed by atoms with van der Waals surface area (Å²) in [6, 6.07) is 13.1. The summed E-state index contributed by atoms with van der Waals surface area (Å²) in [5, 5.41) is 10.9. The fourth-order valence-corrected chi connectivity index (χ4v) is 3.22. The fourth-order valence-electron chi connectivity index (χ4n) is 3.22. The molecule has 0 saturated carbocycles. The van der Waals surface area contributed by atoms with E-state index < -0.39 is 0 Å². The first-order valence-corrected chi connectivity index (χ1v) is 8.66. The summed E-state index contributed by atoms with van der Waals surface area (Å²) >= 11 is 0. The zero-order chi connectivity index (χ0) is 19.1. The number of carbonyl (C=O) groups excluding carboxylic acids is 1. The van der Waals surface area contributed by atoms with Gasteiger partial charge in [-0.25, -0.2) is 0 Å². The van der Waals surface area contributed by atoms with E-state index in [1.165, 1.54) is 4.57 Å². The molecule has 0 atom stereocenters. The third-order valence-electron chi connectivity index (χ3n) is 4.77. The maximum Gasteiger partial charge on any atom is 0.297 e. The molecule has 0 radical (unpaired) electrons. The highest BCUT2D eigenvalue weighted by Gasteiger charge is 2.16. The van der Waals surface area contributed by atoms with E-state index in [4.69, 9.17) is 0 Å². The molecule has 1 N–H and O–H groups in total. The summed E-state index contributed by atoms with van der Waals surface area (Å²) in [4.78, 5) is 25.5. The van der Waals surface area contributed by atoms with Gasteiger partial charge < -0.3 is 5.32 Å². The fraction of sp³-hybridized carbons (Fsp3) is 0.200. The minimum Gasteiger partial charge on any atom is -0.325 e. The van der Waals surface area contributed by atoms with E-state index in [9.17, 15) is 9.59 Å². The summed E-state index contributed by atoms with van der Waals surface area (Å²) in [6.45, 7) is 5.70. The molecular weight excluding hydrogens is 342 g/mol. The minimum atomic E-state index is -0.343. The average Bonchev–Trinajstić information content (AvgIpc) is 3.04. The van der Waals surface area contributed by atoms with Crippen LogP contribution >= 0.6 is 0 Å². The molecule has 27 heavy (non-hydrogen) atoms. The average molecular weight is 361 g/mol. The van der Waals surface area contributed by atoms with Crippen LogP contribution in [0.1, 0.15) is 17.0 Å². The van der Waals surface area contributed by atoms with Gasteiger partial charge in [0.2, 0.25) is 11.6 Å². The van der Waals surface area contributed by atoms with E-state index >= 15 is 0 Å². The van der Waals surface area contributed by atoms with E-state index in [-0.39, 0.29) is 23.7 Å². The molecule has 7 heteroatoms. The molecule has 7 nitrogen and oxygen atoms in total. The standard InChI is InChI=1S/C20H19N5O2/c1-12-8-9-15(10-13(12)2)21-18(26)11-24-16-6-4-5-7-17(16)25-14(3)22-23-19(25)20(24)27/h4-10H,11H2,1-3H3,(H,21,26). The van der Waals surface area contributed by atoms with Crippen LogP contribution in [0.5, 0.6) is 0 Å². The predicted molar refractivity (Wildman–Crippen MR) is 104 cm³/mol. The highest BCUT2D eigenvalue weighted by atomic mass is 16.2. The molecule has 4 rings (SSSR count). The van der Waals surface area contributed by atoms with Gasteiger partial charge in [-0.05, 0) is 56.2 Å². The molecule has 2 heterocycles. The Labute approximate surface area is 155 Å². The predicted octanol–water partition coefficient (Wildman–Crippen LogP) is 2.61. The van der Waals surface area contributed by atoms with Crippen molar-refractivity contribution < 1.29 is 4.79 Å². The highest BCUT2D eigenvalue weighted by molar-refractivity contribution is 5.92. The monoisotopic (exact) mass is 361 g/mol. The molecule has 136 valence electrons. The largest absolute Gasteiger partial charge is 0.325 e. The van der Waals surface area contributed by atoms with E-state index in [1.807, 2.05) is 56.3 Å². The van der Waals surface area contributed by atoms with Crippen LogP contribution in [-0.4, -0.2) is 25.1 Å². The lowest BCUT2D eigenvalue weighted by atomic mass is 10.1. The second-order valence-electron chi connectivity index (χ2n) is 6.63. The van der Waals surface area contributed by atoms with Crippen molar-refractivity contribution in [3.8, 4) is 0 Å². The topological polar surface area (TPSA) is 81.3 Å². The van der Waals surface area contributed by atoms with Gasteiger partial charge in [0.15, 0.2) is 0 Å². The number of amides is 1. The summed E-state index contributed by atoms with van der Waals surface area (Å²) in [5.41, 5.74) is 4.27.